The third-order valence-corrected chi connectivity index (χ3v) is 7.30. The SMILES string of the molecule is C=C(NC)N1CCC(NC)=C(C(=N)N2CCCc3cc(C4=CN(C)N(C)C4)c(C(C)F)cc32)C1. The van der Waals surface area contributed by atoms with Crippen molar-refractivity contribution in [3.63, 3.8) is 0 Å². The van der Waals surface area contributed by atoms with E-state index in [9.17, 15) is 9.80 Å². The van der Waals surface area contributed by atoms with Gasteiger partial charge in [0.1, 0.15) is 12.0 Å². The molecule has 3 aliphatic rings. The number of hydrazine groups is 1. The number of anilines is 1. The van der Waals surface area contributed by atoms with Crippen LogP contribution in [0, 0.1) is 5.41 Å². The van der Waals surface area contributed by atoms with Crippen molar-refractivity contribution in [1.29, 1.82) is 5.41 Å². The molecule has 1 unspecified atom stereocenters. The van der Waals surface area contributed by atoms with Crippen LogP contribution >= 0.6 is 0 Å². The van der Waals surface area contributed by atoms with Gasteiger partial charge in [0.15, 0.2) is 0 Å². The maximum atomic E-state index is 14.9. The molecule has 3 heterocycles. The molecule has 0 radical (unpaired) electrons. The molecule has 184 valence electrons. The third-order valence-electron chi connectivity index (χ3n) is 7.30. The molecular formula is C26H38FN7. The Morgan fingerprint density at radius 1 is 1.15 bits per heavy atom. The zero-order valence-corrected chi connectivity index (χ0v) is 21.1. The van der Waals surface area contributed by atoms with Crippen LogP contribution in [0.3, 0.4) is 0 Å². The van der Waals surface area contributed by atoms with Crippen molar-refractivity contribution in [2.24, 2.45) is 0 Å². The molecule has 1 aromatic carbocycles. The highest BCUT2D eigenvalue weighted by Crippen LogP contribution is 2.38. The number of nitrogens with one attached hydrogen (secondary N) is 3. The summed E-state index contributed by atoms with van der Waals surface area (Å²) in [5.41, 5.74) is 7.04. The normalized spacial score (nSPS) is 19.7. The van der Waals surface area contributed by atoms with Gasteiger partial charge < -0.3 is 25.4 Å². The van der Waals surface area contributed by atoms with E-state index in [0.29, 0.717) is 17.9 Å². The van der Waals surface area contributed by atoms with Gasteiger partial charge in [0, 0.05) is 83.9 Å². The number of nitrogens with zero attached hydrogens (tertiary/aromatic N) is 4. The van der Waals surface area contributed by atoms with Crippen molar-refractivity contribution in [2.45, 2.75) is 32.4 Å². The Hall–Kier alpha value is -3.00. The first-order valence-electron chi connectivity index (χ1n) is 12.1. The number of halogens is 1. The van der Waals surface area contributed by atoms with Gasteiger partial charge in [-0.25, -0.2) is 9.40 Å². The highest BCUT2D eigenvalue weighted by molar-refractivity contribution is 6.09. The number of hydrogen-bond acceptors (Lipinski definition) is 6. The van der Waals surface area contributed by atoms with E-state index < -0.39 is 6.17 Å². The molecule has 0 aliphatic carbocycles. The molecule has 0 amide bonds. The number of fused-ring (bicyclic) bond motifs is 1. The molecule has 0 bridgehead atoms. The van der Waals surface area contributed by atoms with Crippen LogP contribution < -0.4 is 15.5 Å². The standard InChI is InChI=1S/C26H38FN7/c1-17(27)21-13-25-19(12-22(21)20-14-31(5)32(6)15-20)8-7-10-34(25)26(28)23-16-33(18(2)29-3)11-9-24(23)30-4/h12-14,17,28-30H,2,7-11,15-16H2,1,3-6H3. The highest BCUT2D eigenvalue weighted by atomic mass is 19.1. The minimum absolute atomic E-state index is 0.490. The molecule has 1 atom stereocenters. The fraction of sp³-hybridized carbons (Fsp3) is 0.500. The molecule has 3 N–H and O–H groups in total. The Morgan fingerprint density at radius 2 is 1.91 bits per heavy atom. The van der Waals surface area contributed by atoms with E-state index in [4.69, 9.17) is 0 Å². The van der Waals surface area contributed by atoms with E-state index >= 15 is 0 Å². The molecule has 3 aliphatic heterocycles. The summed E-state index contributed by atoms with van der Waals surface area (Å²) in [6.07, 6.45) is 3.73. The van der Waals surface area contributed by atoms with Crippen molar-refractivity contribution in [2.75, 3.05) is 59.3 Å². The lowest BCUT2D eigenvalue weighted by Gasteiger charge is -2.38. The number of likely N-dealkylation sites (N-methyl/N-ethyl adjacent to an activating group) is 1. The summed E-state index contributed by atoms with van der Waals surface area (Å²) in [7, 11) is 7.84. The maximum Gasteiger partial charge on any atom is 0.131 e. The van der Waals surface area contributed by atoms with Gasteiger partial charge in [-0.05, 0) is 54.2 Å². The number of benzene rings is 1. The fourth-order valence-corrected chi connectivity index (χ4v) is 5.17. The predicted octanol–water partition coefficient (Wildman–Crippen LogP) is 3.45. The lowest BCUT2D eigenvalue weighted by Crippen LogP contribution is -2.44. The average Bonchev–Trinajstić information content (AvgIpc) is 3.19. The van der Waals surface area contributed by atoms with Gasteiger partial charge in [0.25, 0.3) is 0 Å². The summed E-state index contributed by atoms with van der Waals surface area (Å²) in [6.45, 7) is 8.72. The van der Waals surface area contributed by atoms with Crippen molar-refractivity contribution < 1.29 is 4.39 Å². The van der Waals surface area contributed by atoms with Crippen LogP contribution in [0.5, 0.6) is 0 Å². The third kappa shape index (κ3) is 4.39. The predicted molar refractivity (Wildman–Crippen MR) is 138 cm³/mol. The first-order chi connectivity index (χ1) is 16.2. The van der Waals surface area contributed by atoms with Crippen LogP contribution in [-0.2, 0) is 6.42 Å². The van der Waals surface area contributed by atoms with Gasteiger partial charge in [-0.3, -0.25) is 5.41 Å². The van der Waals surface area contributed by atoms with E-state index in [-0.39, 0.29) is 0 Å². The van der Waals surface area contributed by atoms with E-state index in [2.05, 4.69) is 44.3 Å². The summed E-state index contributed by atoms with van der Waals surface area (Å²) in [6, 6.07) is 4.16. The molecule has 0 aromatic heterocycles. The smallest absolute Gasteiger partial charge is 0.131 e. The summed E-state index contributed by atoms with van der Waals surface area (Å²) in [5, 5.41) is 19.8. The van der Waals surface area contributed by atoms with Crippen LogP contribution in [0.25, 0.3) is 5.57 Å². The fourth-order valence-electron chi connectivity index (χ4n) is 5.17. The molecule has 4 rings (SSSR count). The van der Waals surface area contributed by atoms with Gasteiger partial charge >= 0.3 is 0 Å². The quantitative estimate of drug-likeness (QED) is 0.440. The van der Waals surface area contributed by atoms with E-state index in [0.717, 1.165) is 72.8 Å². The topological polar surface area (TPSA) is 60.9 Å². The van der Waals surface area contributed by atoms with Gasteiger partial charge in [0.05, 0.1) is 5.82 Å². The Bertz CT molecular complexity index is 1040. The second-order valence-electron chi connectivity index (χ2n) is 9.41. The monoisotopic (exact) mass is 467 g/mol. The Morgan fingerprint density at radius 3 is 2.53 bits per heavy atom. The lowest BCUT2D eigenvalue weighted by molar-refractivity contribution is 0.118. The van der Waals surface area contributed by atoms with Gasteiger partial charge in [-0.15, -0.1) is 0 Å². The van der Waals surface area contributed by atoms with E-state index in [1.54, 1.807) is 6.92 Å². The first-order valence-corrected chi connectivity index (χ1v) is 12.1. The van der Waals surface area contributed by atoms with Crippen molar-refractivity contribution in [1.82, 2.24) is 25.6 Å². The molecule has 8 heteroatoms. The Labute approximate surface area is 203 Å². The first kappa shape index (κ1) is 24.1. The summed E-state index contributed by atoms with van der Waals surface area (Å²) >= 11 is 0. The number of amidine groups is 1. The zero-order valence-electron chi connectivity index (χ0n) is 21.1. The molecule has 0 saturated carbocycles. The van der Waals surface area contributed by atoms with Gasteiger partial charge in [-0.2, -0.15) is 0 Å². The second-order valence-corrected chi connectivity index (χ2v) is 9.41. The van der Waals surface area contributed by atoms with Gasteiger partial charge in [-0.1, -0.05) is 6.58 Å². The van der Waals surface area contributed by atoms with Crippen LogP contribution in [0.15, 0.2) is 42.0 Å². The van der Waals surface area contributed by atoms with Crippen molar-refractivity contribution >= 4 is 17.1 Å². The summed E-state index contributed by atoms with van der Waals surface area (Å²) in [5.74, 6) is 1.35. The molecule has 1 aromatic rings. The number of alkyl halides is 1. The minimum atomic E-state index is -1.09. The highest BCUT2D eigenvalue weighted by Gasteiger charge is 2.30. The molecule has 0 fully saturated rings. The van der Waals surface area contributed by atoms with Crippen LogP contribution in [0.1, 0.15) is 42.6 Å². The Balaban J connectivity index is 1.72. The number of hydrogen-bond donors (Lipinski definition) is 3. The maximum absolute atomic E-state index is 14.9. The minimum Gasteiger partial charge on any atom is -0.391 e. The Kier molecular flexibility index (Phi) is 6.89. The second kappa shape index (κ2) is 9.70. The van der Waals surface area contributed by atoms with E-state index in [1.165, 1.54) is 5.56 Å². The van der Waals surface area contributed by atoms with Crippen molar-refractivity contribution in [3.8, 4) is 0 Å². The van der Waals surface area contributed by atoms with Crippen LogP contribution in [0.4, 0.5) is 10.1 Å². The van der Waals surface area contributed by atoms with Crippen LogP contribution in [-0.4, -0.2) is 75.1 Å². The molecular weight excluding hydrogens is 429 g/mol. The van der Waals surface area contributed by atoms with Crippen molar-refractivity contribution in [3.05, 3.63) is 58.7 Å². The number of rotatable bonds is 6. The molecule has 34 heavy (non-hydrogen) atoms. The molecule has 7 nitrogen and oxygen atoms in total. The average molecular weight is 468 g/mol. The van der Waals surface area contributed by atoms with E-state index in [1.807, 2.05) is 39.3 Å². The van der Waals surface area contributed by atoms with Crippen LogP contribution in [0.2, 0.25) is 0 Å². The summed E-state index contributed by atoms with van der Waals surface area (Å²) in [4.78, 5) is 4.25. The lowest BCUT2D eigenvalue weighted by atomic mass is 9.90. The van der Waals surface area contributed by atoms with Gasteiger partial charge in [0.2, 0.25) is 0 Å². The zero-order chi connectivity index (χ0) is 24.6. The summed E-state index contributed by atoms with van der Waals surface area (Å²) < 4.78 is 14.9. The molecule has 0 saturated heterocycles. The largest absolute Gasteiger partial charge is 0.391 e. The number of aryl methyl sites for hydroxylation is 1. The molecule has 0 spiro atoms.